The molecule has 1 aliphatic rings. The molecule has 1 unspecified atom stereocenters. The highest BCUT2D eigenvalue weighted by Gasteiger charge is 2.36. The van der Waals surface area contributed by atoms with Crippen LogP contribution in [0.25, 0.3) is 0 Å². The zero-order valence-corrected chi connectivity index (χ0v) is 16.9. The van der Waals surface area contributed by atoms with E-state index < -0.39 is 11.9 Å². The first-order valence-corrected chi connectivity index (χ1v) is 9.45. The van der Waals surface area contributed by atoms with Gasteiger partial charge in [0, 0.05) is 22.0 Å². The van der Waals surface area contributed by atoms with E-state index in [0.717, 1.165) is 11.1 Å². The van der Waals surface area contributed by atoms with Crippen molar-refractivity contribution in [2.45, 2.75) is 26.8 Å². The van der Waals surface area contributed by atoms with Gasteiger partial charge in [0.15, 0.2) is 0 Å². The Hall–Kier alpha value is -3.19. The van der Waals surface area contributed by atoms with Crippen LogP contribution in [0.1, 0.15) is 29.7 Å². The number of allylic oxidation sites excluding steroid dienone is 1. The minimum absolute atomic E-state index is 0.174. The zero-order valence-electron chi connectivity index (χ0n) is 16.1. The van der Waals surface area contributed by atoms with E-state index >= 15 is 0 Å². The summed E-state index contributed by atoms with van der Waals surface area (Å²) in [6.45, 7) is 5.66. The van der Waals surface area contributed by atoms with Crippen molar-refractivity contribution in [3.63, 3.8) is 0 Å². The maximum Gasteiger partial charge on any atom is 0.255 e. The van der Waals surface area contributed by atoms with Gasteiger partial charge in [0.25, 0.3) is 5.91 Å². The maximum absolute atomic E-state index is 14.8. The van der Waals surface area contributed by atoms with Crippen LogP contribution in [-0.4, -0.2) is 20.7 Å². The predicted octanol–water partition coefficient (Wildman–Crippen LogP) is 4.62. The van der Waals surface area contributed by atoms with Gasteiger partial charge in [-0.05, 0) is 50.1 Å². The van der Waals surface area contributed by atoms with Crippen LogP contribution in [-0.2, 0) is 4.79 Å². The van der Waals surface area contributed by atoms with E-state index in [4.69, 9.17) is 11.6 Å². The Morgan fingerprint density at radius 3 is 2.72 bits per heavy atom. The summed E-state index contributed by atoms with van der Waals surface area (Å²) in [6, 6.07) is 9.26. The molecule has 3 aromatic rings. The van der Waals surface area contributed by atoms with Crippen molar-refractivity contribution in [1.82, 2.24) is 14.8 Å². The highest BCUT2D eigenvalue weighted by molar-refractivity contribution is 6.31. The van der Waals surface area contributed by atoms with Crippen LogP contribution in [0.15, 0.2) is 54.0 Å². The molecule has 6 nitrogen and oxygen atoms in total. The number of benzene rings is 2. The van der Waals surface area contributed by atoms with Crippen LogP contribution >= 0.6 is 11.6 Å². The molecule has 2 N–H and O–H groups in total. The SMILES string of the molecule is CC1=C(C(=O)Nc2cccc(C)c2C)C(c2c(F)cccc2Cl)n2ncnc2N1. The number of hydrogen-bond donors (Lipinski definition) is 2. The lowest BCUT2D eigenvalue weighted by molar-refractivity contribution is -0.113. The molecule has 0 bridgehead atoms. The maximum atomic E-state index is 14.8. The Bertz CT molecular complexity index is 1130. The monoisotopic (exact) mass is 411 g/mol. The zero-order chi connectivity index (χ0) is 20.7. The molecule has 8 heteroatoms. The van der Waals surface area contributed by atoms with Crippen molar-refractivity contribution in [2.75, 3.05) is 10.6 Å². The molecule has 0 aliphatic carbocycles. The standard InChI is InChI=1S/C21H19ClFN5O/c1-11-6-4-9-16(12(11)2)27-20(29)17-13(3)26-21-24-10-25-28(21)19(17)18-14(22)7-5-8-15(18)23/h4-10,19H,1-3H3,(H,27,29)(H,24,25,26). The number of fused-ring (bicyclic) bond motifs is 1. The molecule has 29 heavy (non-hydrogen) atoms. The van der Waals surface area contributed by atoms with Gasteiger partial charge >= 0.3 is 0 Å². The van der Waals surface area contributed by atoms with Gasteiger partial charge in [-0.15, -0.1) is 0 Å². The van der Waals surface area contributed by atoms with Crippen molar-refractivity contribution in [3.8, 4) is 0 Å². The number of amides is 1. The van der Waals surface area contributed by atoms with Crippen LogP contribution in [0.5, 0.6) is 0 Å². The molecular weight excluding hydrogens is 393 g/mol. The van der Waals surface area contributed by atoms with Crippen LogP contribution < -0.4 is 10.6 Å². The molecule has 1 aromatic heterocycles. The Morgan fingerprint density at radius 2 is 1.97 bits per heavy atom. The number of nitrogens with one attached hydrogen (secondary N) is 2. The Kier molecular flexibility index (Phi) is 4.84. The van der Waals surface area contributed by atoms with E-state index in [2.05, 4.69) is 20.7 Å². The van der Waals surface area contributed by atoms with Gasteiger partial charge in [0.2, 0.25) is 5.95 Å². The number of rotatable bonds is 3. The van der Waals surface area contributed by atoms with Crippen LogP contribution in [0.2, 0.25) is 5.02 Å². The number of carbonyl (C=O) groups is 1. The molecule has 0 radical (unpaired) electrons. The summed E-state index contributed by atoms with van der Waals surface area (Å²) in [5, 5.41) is 10.4. The van der Waals surface area contributed by atoms with E-state index in [9.17, 15) is 9.18 Å². The first kappa shape index (κ1) is 19.1. The van der Waals surface area contributed by atoms with Gasteiger partial charge in [0.1, 0.15) is 18.2 Å². The third-order valence-electron chi connectivity index (χ3n) is 5.16. The highest BCUT2D eigenvalue weighted by atomic mass is 35.5. The molecule has 1 atom stereocenters. The summed E-state index contributed by atoms with van der Waals surface area (Å²) in [5.74, 6) is -0.472. The highest BCUT2D eigenvalue weighted by Crippen LogP contribution is 2.39. The topological polar surface area (TPSA) is 71.8 Å². The van der Waals surface area contributed by atoms with Gasteiger partial charge in [0.05, 0.1) is 5.57 Å². The average Bonchev–Trinajstić information content (AvgIpc) is 3.13. The second-order valence-electron chi connectivity index (χ2n) is 6.93. The molecular formula is C21H19ClFN5O. The number of nitrogens with zero attached hydrogens (tertiary/aromatic N) is 3. The summed E-state index contributed by atoms with van der Waals surface area (Å²) < 4.78 is 16.3. The van der Waals surface area contributed by atoms with Gasteiger partial charge in [-0.25, -0.2) is 9.07 Å². The van der Waals surface area contributed by atoms with E-state index in [1.807, 2.05) is 32.0 Å². The minimum Gasteiger partial charge on any atom is -0.328 e. The van der Waals surface area contributed by atoms with Crippen LogP contribution in [0.3, 0.4) is 0 Å². The predicted molar refractivity (Wildman–Crippen MR) is 110 cm³/mol. The fraction of sp³-hybridized carbons (Fsp3) is 0.190. The smallest absolute Gasteiger partial charge is 0.255 e. The number of aryl methyl sites for hydroxylation is 1. The second-order valence-corrected chi connectivity index (χ2v) is 7.34. The summed E-state index contributed by atoms with van der Waals surface area (Å²) in [5.41, 5.74) is 3.76. The number of anilines is 2. The molecule has 0 saturated heterocycles. The van der Waals surface area contributed by atoms with Crippen molar-refractivity contribution < 1.29 is 9.18 Å². The fourth-order valence-electron chi connectivity index (χ4n) is 3.50. The minimum atomic E-state index is -0.854. The lowest BCUT2D eigenvalue weighted by Gasteiger charge is -2.29. The van der Waals surface area contributed by atoms with E-state index in [1.165, 1.54) is 23.1 Å². The molecule has 148 valence electrons. The molecule has 0 saturated carbocycles. The van der Waals surface area contributed by atoms with Crippen molar-refractivity contribution in [2.24, 2.45) is 0 Å². The number of halogens is 2. The Balaban J connectivity index is 1.83. The van der Waals surface area contributed by atoms with Gasteiger partial charge < -0.3 is 10.6 Å². The van der Waals surface area contributed by atoms with E-state index in [-0.39, 0.29) is 16.5 Å². The molecule has 4 rings (SSSR count). The van der Waals surface area contributed by atoms with Gasteiger partial charge in [-0.2, -0.15) is 10.1 Å². The first-order valence-electron chi connectivity index (χ1n) is 9.07. The molecule has 0 spiro atoms. The molecule has 2 aromatic carbocycles. The molecule has 0 fully saturated rings. The normalized spacial score (nSPS) is 15.7. The second kappa shape index (κ2) is 7.33. The van der Waals surface area contributed by atoms with E-state index in [0.29, 0.717) is 22.9 Å². The summed E-state index contributed by atoms with van der Waals surface area (Å²) in [6.07, 6.45) is 1.35. The summed E-state index contributed by atoms with van der Waals surface area (Å²) in [4.78, 5) is 17.5. The third-order valence-corrected chi connectivity index (χ3v) is 5.49. The van der Waals surface area contributed by atoms with E-state index in [1.54, 1.807) is 13.0 Å². The number of hydrogen-bond acceptors (Lipinski definition) is 4. The van der Waals surface area contributed by atoms with Crippen molar-refractivity contribution >= 4 is 29.1 Å². The van der Waals surface area contributed by atoms with Crippen LogP contribution in [0.4, 0.5) is 16.0 Å². The summed E-state index contributed by atoms with van der Waals surface area (Å²) >= 11 is 6.34. The molecule has 2 heterocycles. The number of aromatic nitrogens is 3. The van der Waals surface area contributed by atoms with Gasteiger partial charge in [-0.3, -0.25) is 4.79 Å². The average molecular weight is 412 g/mol. The lowest BCUT2D eigenvalue weighted by Crippen LogP contribution is -2.32. The Labute approximate surface area is 172 Å². The largest absolute Gasteiger partial charge is 0.328 e. The lowest BCUT2D eigenvalue weighted by atomic mass is 9.94. The molecule has 1 amide bonds. The number of carbonyl (C=O) groups excluding carboxylic acids is 1. The fourth-order valence-corrected chi connectivity index (χ4v) is 3.77. The quantitative estimate of drug-likeness (QED) is 0.660. The third kappa shape index (κ3) is 3.27. The van der Waals surface area contributed by atoms with Crippen LogP contribution in [0, 0.1) is 19.7 Å². The first-order chi connectivity index (χ1) is 13.9. The summed E-state index contributed by atoms with van der Waals surface area (Å²) in [7, 11) is 0. The van der Waals surface area contributed by atoms with Crippen molar-refractivity contribution in [1.29, 1.82) is 0 Å². The molecule has 1 aliphatic heterocycles. The van der Waals surface area contributed by atoms with Crippen molar-refractivity contribution in [3.05, 3.63) is 81.5 Å². The Morgan fingerprint density at radius 1 is 1.21 bits per heavy atom. The van der Waals surface area contributed by atoms with Gasteiger partial charge in [-0.1, -0.05) is 29.8 Å².